The van der Waals surface area contributed by atoms with Crippen LogP contribution in [0.4, 0.5) is 0 Å². The van der Waals surface area contributed by atoms with E-state index in [1.54, 1.807) is 6.92 Å². The zero-order chi connectivity index (χ0) is 13.9. The summed E-state index contributed by atoms with van der Waals surface area (Å²) in [5.41, 5.74) is 6.79. The fourth-order valence-electron chi connectivity index (χ4n) is 1.66. The van der Waals surface area contributed by atoms with E-state index in [2.05, 4.69) is 14.9 Å². The predicted molar refractivity (Wildman–Crippen MR) is 70.5 cm³/mol. The molecule has 6 nitrogen and oxygen atoms in total. The molecule has 7 heteroatoms. The van der Waals surface area contributed by atoms with Crippen LogP contribution in [0.15, 0.2) is 5.03 Å². The Morgan fingerprint density at radius 3 is 2.56 bits per heavy atom. The van der Waals surface area contributed by atoms with E-state index in [1.165, 1.54) is 0 Å². The van der Waals surface area contributed by atoms with Crippen LogP contribution in [0.25, 0.3) is 0 Å². The van der Waals surface area contributed by atoms with Gasteiger partial charge in [-0.15, -0.1) is 0 Å². The minimum atomic E-state index is -3.61. The molecule has 0 aliphatic rings. The summed E-state index contributed by atoms with van der Waals surface area (Å²) in [6.07, 6.45) is 0.910. The van der Waals surface area contributed by atoms with Crippen LogP contribution in [0, 0.1) is 12.8 Å². The van der Waals surface area contributed by atoms with Crippen molar-refractivity contribution in [2.24, 2.45) is 11.7 Å². The Morgan fingerprint density at radius 1 is 1.44 bits per heavy atom. The second kappa shape index (κ2) is 5.81. The third-order valence-corrected chi connectivity index (χ3v) is 4.86. The van der Waals surface area contributed by atoms with Crippen molar-refractivity contribution in [2.45, 2.75) is 51.7 Å². The molecule has 0 radical (unpaired) electrons. The summed E-state index contributed by atoms with van der Waals surface area (Å²) in [7, 11) is -3.61. The van der Waals surface area contributed by atoms with Gasteiger partial charge in [0.25, 0.3) is 10.0 Å². The van der Waals surface area contributed by atoms with E-state index < -0.39 is 10.0 Å². The van der Waals surface area contributed by atoms with Crippen LogP contribution >= 0.6 is 0 Å². The number of aromatic nitrogens is 2. The van der Waals surface area contributed by atoms with Gasteiger partial charge in [-0.3, -0.25) is 5.10 Å². The minimum absolute atomic E-state index is 0.0117. The molecule has 1 aromatic heterocycles. The highest BCUT2D eigenvalue weighted by Gasteiger charge is 2.26. The summed E-state index contributed by atoms with van der Waals surface area (Å²) in [4.78, 5) is 0. The number of sulfonamides is 1. The molecule has 18 heavy (non-hydrogen) atoms. The molecule has 0 aromatic carbocycles. The van der Waals surface area contributed by atoms with Crippen LogP contribution in [0.1, 0.15) is 38.4 Å². The van der Waals surface area contributed by atoms with Crippen molar-refractivity contribution < 1.29 is 8.42 Å². The maximum absolute atomic E-state index is 12.2. The molecular formula is C11H22N4O2S. The van der Waals surface area contributed by atoms with Gasteiger partial charge in [-0.1, -0.05) is 20.3 Å². The van der Waals surface area contributed by atoms with Crippen molar-refractivity contribution >= 4 is 10.0 Å². The number of aromatic amines is 1. The smallest absolute Gasteiger partial charge is 0.260 e. The van der Waals surface area contributed by atoms with E-state index in [9.17, 15) is 8.42 Å². The maximum Gasteiger partial charge on any atom is 0.260 e. The number of aryl methyl sites for hydroxylation is 1. The molecule has 1 rings (SSSR count). The summed E-state index contributed by atoms with van der Waals surface area (Å²) >= 11 is 0. The molecular weight excluding hydrogens is 252 g/mol. The molecule has 104 valence electrons. The number of hydrogen-bond donors (Lipinski definition) is 3. The fraction of sp³-hybridized carbons (Fsp3) is 0.727. The highest BCUT2D eigenvalue weighted by Crippen LogP contribution is 2.17. The highest BCUT2D eigenvalue weighted by molar-refractivity contribution is 7.89. The third-order valence-electron chi connectivity index (χ3n) is 3.33. The quantitative estimate of drug-likeness (QED) is 0.717. The van der Waals surface area contributed by atoms with E-state index in [1.807, 2.05) is 20.8 Å². The molecule has 0 saturated carbocycles. The molecule has 4 N–H and O–H groups in total. The summed E-state index contributed by atoms with van der Waals surface area (Å²) in [6.45, 7) is 7.79. The second-order valence-corrected chi connectivity index (χ2v) is 6.26. The number of nitrogens with zero attached hydrogens (tertiary/aromatic N) is 1. The Morgan fingerprint density at radius 2 is 2.06 bits per heavy atom. The van der Waals surface area contributed by atoms with Crippen molar-refractivity contribution in [2.75, 3.05) is 0 Å². The normalized spacial score (nSPS) is 15.6. The Bertz CT molecular complexity index is 495. The fourth-order valence-corrected chi connectivity index (χ4v) is 3.22. The number of nitrogens with two attached hydrogens (primary N) is 1. The van der Waals surface area contributed by atoms with Crippen LogP contribution in [0.3, 0.4) is 0 Å². The van der Waals surface area contributed by atoms with Gasteiger partial charge in [0.2, 0.25) is 0 Å². The molecule has 2 unspecified atom stereocenters. The van der Waals surface area contributed by atoms with Crippen molar-refractivity contribution in [3.63, 3.8) is 0 Å². The molecule has 0 aliphatic carbocycles. The number of hydrogen-bond acceptors (Lipinski definition) is 4. The van der Waals surface area contributed by atoms with E-state index in [4.69, 9.17) is 5.73 Å². The predicted octanol–water partition coefficient (Wildman–Crippen LogP) is 0.890. The molecule has 0 saturated heterocycles. The van der Waals surface area contributed by atoms with Gasteiger partial charge in [0.05, 0.1) is 0 Å². The van der Waals surface area contributed by atoms with E-state index in [0.29, 0.717) is 11.3 Å². The third kappa shape index (κ3) is 3.09. The number of H-pyrrole nitrogens is 1. The standard InChI is InChI=1S/C11H22N4O2S/c1-5-7(2)8(3)15-18(16,17)11-10(6-12)9(4)13-14-11/h7-8,15H,5-6,12H2,1-4H3,(H,13,14). The van der Waals surface area contributed by atoms with Gasteiger partial charge >= 0.3 is 0 Å². The van der Waals surface area contributed by atoms with E-state index in [0.717, 1.165) is 6.42 Å². The van der Waals surface area contributed by atoms with Gasteiger partial charge in [0, 0.05) is 23.8 Å². The summed E-state index contributed by atoms with van der Waals surface area (Å²) in [6, 6.07) is -0.136. The minimum Gasteiger partial charge on any atom is -0.326 e. The zero-order valence-electron chi connectivity index (χ0n) is 11.3. The first-order valence-electron chi connectivity index (χ1n) is 6.09. The Hall–Kier alpha value is -0.920. The summed E-state index contributed by atoms with van der Waals surface area (Å²) in [5, 5.41) is 6.51. The van der Waals surface area contributed by atoms with Crippen LogP contribution in [-0.4, -0.2) is 24.7 Å². The molecule has 1 aromatic rings. The van der Waals surface area contributed by atoms with Gasteiger partial charge in [-0.25, -0.2) is 13.1 Å². The monoisotopic (exact) mass is 274 g/mol. The van der Waals surface area contributed by atoms with Gasteiger partial charge in [0.15, 0.2) is 5.03 Å². The molecule has 0 spiro atoms. The molecule has 0 amide bonds. The maximum atomic E-state index is 12.2. The average Bonchev–Trinajstić information content (AvgIpc) is 2.69. The van der Waals surface area contributed by atoms with Crippen molar-refractivity contribution in [3.8, 4) is 0 Å². The first kappa shape index (κ1) is 15.1. The van der Waals surface area contributed by atoms with Crippen molar-refractivity contribution in [3.05, 3.63) is 11.3 Å². The topological polar surface area (TPSA) is 101 Å². The molecule has 0 aliphatic heterocycles. The second-order valence-electron chi connectivity index (χ2n) is 4.63. The molecule has 0 bridgehead atoms. The van der Waals surface area contributed by atoms with Crippen molar-refractivity contribution in [1.29, 1.82) is 0 Å². The largest absolute Gasteiger partial charge is 0.326 e. The molecule has 0 fully saturated rings. The lowest BCUT2D eigenvalue weighted by molar-refractivity contribution is 0.433. The lowest BCUT2D eigenvalue weighted by atomic mass is 10.0. The van der Waals surface area contributed by atoms with Gasteiger partial charge < -0.3 is 5.73 Å². The molecule has 2 atom stereocenters. The summed E-state index contributed by atoms with van der Waals surface area (Å²) < 4.78 is 27.1. The van der Waals surface area contributed by atoms with Crippen LogP contribution in [0.2, 0.25) is 0 Å². The lowest BCUT2D eigenvalue weighted by Crippen LogP contribution is -2.37. The Labute approximate surface area is 108 Å². The number of nitrogens with one attached hydrogen (secondary N) is 2. The molecule has 1 heterocycles. The highest BCUT2D eigenvalue weighted by atomic mass is 32.2. The number of rotatable bonds is 6. The van der Waals surface area contributed by atoms with Gasteiger partial charge in [0.1, 0.15) is 0 Å². The Balaban J connectivity index is 3.00. The van der Waals surface area contributed by atoms with E-state index >= 15 is 0 Å². The first-order valence-corrected chi connectivity index (χ1v) is 7.58. The van der Waals surface area contributed by atoms with Crippen LogP contribution in [0.5, 0.6) is 0 Å². The zero-order valence-corrected chi connectivity index (χ0v) is 12.1. The van der Waals surface area contributed by atoms with Crippen LogP contribution in [-0.2, 0) is 16.6 Å². The first-order chi connectivity index (χ1) is 8.33. The van der Waals surface area contributed by atoms with Gasteiger partial charge in [-0.2, -0.15) is 5.10 Å². The van der Waals surface area contributed by atoms with E-state index in [-0.39, 0.29) is 23.5 Å². The van der Waals surface area contributed by atoms with Crippen molar-refractivity contribution in [1.82, 2.24) is 14.9 Å². The Kier molecular flexibility index (Phi) is 4.89. The SMILES string of the molecule is CCC(C)C(C)NS(=O)(=O)c1n[nH]c(C)c1CN. The lowest BCUT2D eigenvalue weighted by Gasteiger charge is -2.19. The van der Waals surface area contributed by atoms with Crippen LogP contribution < -0.4 is 10.5 Å². The average molecular weight is 274 g/mol. The van der Waals surface area contributed by atoms with Gasteiger partial charge in [-0.05, 0) is 19.8 Å². The summed E-state index contributed by atoms with van der Waals surface area (Å²) in [5.74, 6) is 0.265.